The van der Waals surface area contributed by atoms with E-state index in [-0.39, 0.29) is 4.91 Å². The zero-order chi connectivity index (χ0) is 22.5. The van der Waals surface area contributed by atoms with Crippen molar-refractivity contribution in [3.63, 3.8) is 0 Å². The van der Waals surface area contributed by atoms with Crippen molar-refractivity contribution in [1.82, 2.24) is 9.97 Å². The highest BCUT2D eigenvalue weighted by Crippen LogP contribution is 2.38. The van der Waals surface area contributed by atoms with Gasteiger partial charge in [0.15, 0.2) is 16.7 Å². The maximum atomic E-state index is 11.9. The summed E-state index contributed by atoms with van der Waals surface area (Å²) in [6.07, 6.45) is 1.58. The van der Waals surface area contributed by atoms with Gasteiger partial charge in [0.25, 0.3) is 0 Å². The monoisotopic (exact) mass is 510 g/mol. The number of benzene rings is 3. The lowest BCUT2D eigenvalue weighted by molar-refractivity contribution is -0.131. The number of halogens is 1. The Hall–Kier alpha value is -3.23. The minimum absolute atomic E-state index is 0.121. The standard InChI is InChI=1S/C24H19BrN2O4S/c1-30-20-12-16(11-17(25)22(20)31-14-15-7-3-2-4-8-15)13-21(23(28)29)32-24-26-18-9-5-6-10-19(18)27-24/h2-13H,14H2,1H3,(H,26,27)(H,28,29)/b21-13-. The van der Waals surface area contributed by atoms with Crippen molar-refractivity contribution in [1.29, 1.82) is 0 Å². The van der Waals surface area contributed by atoms with E-state index in [1.807, 2.05) is 54.6 Å². The molecule has 2 N–H and O–H groups in total. The summed E-state index contributed by atoms with van der Waals surface area (Å²) in [5.41, 5.74) is 3.32. The SMILES string of the molecule is COc1cc(/C=C(\Sc2nc3ccccc3[nH]2)C(=O)O)cc(Br)c1OCc1ccccc1. The van der Waals surface area contributed by atoms with Crippen molar-refractivity contribution in [2.75, 3.05) is 7.11 Å². The van der Waals surface area contributed by atoms with E-state index in [4.69, 9.17) is 9.47 Å². The third-order valence-corrected chi connectivity index (χ3v) is 6.05. The molecule has 8 heteroatoms. The molecule has 162 valence electrons. The van der Waals surface area contributed by atoms with Gasteiger partial charge in [-0.2, -0.15) is 0 Å². The lowest BCUT2D eigenvalue weighted by atomic mass is 10.2. The van der Waals surface area contributed by atoms with E-state index in [1.54, 1.807) is 25.3 Å². The number of hydrogen-bond acceptors (Lipinski definition) is 5. The number of carbonyl (C=O) groups is 1. The molecule has 0 saturated carbocycles. The van der Waals surface area contributed by atoms with Crippen LogP contribution in [0.3, 0.4) is 0 Å². The van der Waals surface area contributed by atoms with Crippen LogP contribution in [0.25, 0.3) is 17.1 Å². The van der Waals surface area contributed by atoms with Crippen LogP contribution < -0.4 is 9.47 Å². The van der Waals surface area contributed by atoms with E-state index in [1.165, 1.54) is 0 Å². The lowest BCUT2D eigenvalue weighted by Gasteiger charge is -2.14. The normalized spacial score (nSPS) is 11.5. The molecule has 0 aliphatic carbocycles. The Morgan fingerprint density at radius 2 is 1.91 bits per heavy atom. The Morgan fingerprint density at radius 3 is 2.62 bits per heavy atom. The lowest BCUT2D eigenvalue weighted by Crippen LogP contribution is -2.00. The number of aromatic amines is 1. The second kappa shape index (κ2) is 9.93. The highest BCUT2D eigenvalue weighted by Gasteiger charge is 2.16. The first-order chi connectivity index (χ1) is 15.5. The summed E-state index contributed by atoms with van der Waals surface area (Å²) in [5.74, 6) is 0.00490. The maximum absolute atomic E-state index is 11.9. The van der Waals surface area contributed by atoms with Crippen molar-refractivity contribution in [2.24, 2.45) is 0 Å². The summed E-state index contributed by atoms with van der Waals surface area (Å²) >= 11 is 4.58. The van der Waals surface area contributed by atoms with Crippen molar-refractivity contribution in [3.8, 4) is 11.5 Å². The summed E-state index contributed by atoms with van der Waals surface area (Å²) in [7, 11) is 1.55. The topological polar surface area (TPSA) is 84.4 Å². The van der Waals surface area contributed by atoms with E-state index in [0.29, 0.717) is 33.3 Å². The third kappa shape index (κ3) is 5.15. The molecule has 0 amide bonds. The average molecular weight is 511 g/mol. The van der Waals surface area contributed by atoms with Gasteiger partial charge in [-0.25, -0.2) is 9.78 Å². The van der Waals surface area contributed by atoms with Crippen LogP contribution in [0.4, 0.5) is 0 Å². The van der Waals surface area contributed by atoms with Crippen LogP contribution in [0, 0.1) is 0 Å². The molecule has 0 aliphatic heterocycles. The molecular formula is C24H19BrN2O4S. The van der Waals surface area contributed by atoms with Crippen molar-refractivity contribution in [2.45, 2.75) is 11.8 Å². The number of rotatable bonds is 8. The molecule has 32 heavy (non-hydrogen) atoms. The molecule has 1 heterocycles. The predicted molar refractivity (Wildman–Crippen MR) is 129 cm³/mol. The number of hydrogen-bond donors (Lipinski definition) is 2. The van der Waals surface area contributed by atoms with Crippen LogP contribution in [0.1, 0.15) is 11.1 Å². The van der Waals surface area contributed by atoms with Crippen molar-refractivity contribution in [3.05, 3.63) is 87.2 Å². The van der Waals surface area contributed by atoms with E-state index in [9.17, 15) is 9.90 Å². The van der Waals surface area contributed by atoms with Gasteiger partial charge in [0.1, 0.15) is 11.5 Å². The number of H-pyrrole nitrogens is 1. The fourth-order valence-electron chi connectivity index (χ4n) is 3.06. The summed E-state index contributed by atoms with van der Waals surface area (Å²) in [5, 5.41) is 10.2. The Morgan fingerprint density at radius 1 is 1.16 bits per heavy atom. The first kappa shape index (κ1) is 22.0. The number of thioether (sulfide) groups is 1. The van der Waals surface area contributed by atoms with Crippen LogP contribution in [0.5, 0.6) is 11.5 Å². The largest absolute Gasteiger partial charge is 0.493 e. The van der Waals surface area contributed by atoms with Crippen LogP contribution >= 0.6 is 27.7 Å². The molecule has 0 unspecified atom stereocenters. The number of nitrogens with zero attached hydrogens (tertiary/aromatic N) is 1. The number of nitrogens with one attached hydrogen (secondary N) is 1. The van der Waals surface area contributed by atoms with E-state index < -0.39 is 5.97 Å². The number of aliphatic carboxylic acids is 1. The molecule has 3 aromatic carbocycles. The first-order valence-electron chi connectivity index (χ1n) is 9.65. The predicted octanol–water partition coefficient (Wildman–Crippen LogP) is 6.13. The van der Waals surface area contributed by atoms with Crippen molar-refractivity contribution < 1.29 is 19.4 Å². The zero-order valence-electron chi connectivity index (χ0n) is 17.0. The van der Waals surface area contributed by atoms with Crippen LogP contribution in [-0.4, -0.2) is 28.2 Å². The van der Waals surface area contributed by atoms with Gasteiger partial charge in [0.2, 0.25) is 0 Å². The number of carboxylic acids is 1. The Balaban J connectivity index is 1.60. The van der Waals surface area contributed by atoms with E-state index in [0.717, 1.165) is 28.4 Å². The van der Waals surface area contributed by atoms with Gasteiger partial charge >= 0.3 is 5.97 Å². The van der Waals surface area contributed by atoms with Crippen LogP contribution in [0.15, 0.2) is 81.3 Å². The highest BCUT2D eigenvalue weighted by molar-refractivity contribution is 9.10. The van der Waals surface area contributed by atoms with Gasteiger partial charge in [-0.3, -0.25) is 0 Å². The number of methoxy groups -OCH3 is 1. The summed E-state index contributed by atoms with van der Waals surface area (Å²) < 4.78 is 12.1. The molecule has 0 aliphatic rings. The Bertz CT molecular complexity index is 1250. The second-order valence-corrected chi connectivity index (χ2v) is 8.67. The number of carboxylic acid groups (broad SMARTS) is 1. The highest BCUT2D eigenvalue weighted by atomic mass is 79.9. The number of para-hydroxylation sites is 2. The summed E-state index contributed by atoms with van der Waals surface area (Å²) in [4.78, 5) is 19.6. The summed E-state index contributed by atoms with van der Waals surface area (Å²) in [6.45, 7) is 0.382. The van der Waals surface area contributed by atoms with Gasteiger partial charge in [-0.05, 0) is 69.2 Å². The van der Waals surface area contributed by atoms with Gasteiger partial charge in [-0.1, -0.05) is 42.5 Å². The molecule has 4 aromatic rings. The number of imidazole rings is 1. The smallest absolute Gasteiger partial charge is 0.342 e. The fraction of sp³-hybridized carbons (Fsp3) is 0.0833. The summed E-state index contributed by atoms with van der Waals surface area (Å²) in [6, 6.07) is 20.9. The molecule has 0 spiro atoms. The quantitative estimate of drug-likeness (QED) is 0.219. The van der Waals surface area contributed by atoms with E-state index >= 15 is 0 Å². The Labute approximate surface area is 197 Å². The molecule has 6 nitrogen and oxygen atoms in total. The van der Waals surface area contributed by atoms with Gasteiger partial charge in [-0.15, -0.1) is 0 Å². The van der Waals surface area contributed by atoms with Crippen molar-refractivity contribution >= 4 is 50.8 Å². The second-order valence-electron chi connectivity index (χ2n) is 6.78. The minimum atomic E-state index is -1.05. The third-order valence-electron chi connectivity index (χ3n) is 4.56. The minimum Gasteiger partial charge on any atom is -0.493 e. The maximum Gasteiger partial charge on any atom is 0.342 e. The molecule has 0 radical (unpaired) electrons. The van der Waals surface area contributed by atoms with Gasteiger partial charge < -0.3 is 19.6 Å². The van der Waals surface area contributed by atoms with E-state index in [2.05, 4.69) is 25.9 Å². The molecule has 0 atom stereocenters. The van der Waals surface area contributed by atoms with Crippen LogP contribution in [-0.2, 0) is 11.4 Å². The number of aromatic nitrogens is 2. The van der Waals surface area contributed by atoms with Gasteiger partial charge in [0, 0.05) is 0 Å². The first-order valence-corrected chi connectivity index (χ1v) is 11.3. The number of fused-ring (bicyclic) bond motifs is 1. The fourth-order valence-corrected chi connectivity index (χ4v) is 4.43. The molecule has 1 aromatic heterocycles. The molecule has 0 bridgehead atoms. The molecule has 0 fully saturated rings. The average Bonchev–Trinajstić information content (AvgIpc) is 3.20. The molecule has 4 rings (SSSR count). The zero-order valence-corrected chi connectivity index (χ0v) is 19.4. The van der Waals surface area contributed by atoms with Gasteiger partial charge in [0.05, 0.1) is 22.6 Å². The number of ether oxygens (including phenoxy) is 2. The Kier molecular flexibility index (Phi) is 6.82. The molecular weight excluding hydrogens is 492 g/mol. The van der Waals surface area contributed by atoms with Crippen LogP contribution in [0.2, 0.25) is 0 Å². The molecule has 0 saturated heterocycles.